The summed E-state index contributed by atoms with van der Waals surface area (Å²) in [5, 5.41) is 33.3. The molecule has 2 aromatic carbocycles. The van der Waals surface area contributed by atoms with Crippen molar-refractivity contribution in [3.8, 4) is 17.4 Å². The van der Waals surface area contributed by atoms with Crippen molar-refractivity contribution in [2.75, 3.05) is 5.32 Å². The first-order chi connectivity index (χ1) is 14.8. The predicted octanol–water partition coefficient (Wildman–Crippen LogP) is 5.07. The summed E-state index contributed by atoms with van der Waals surface area (Å²) in [6.07, 6.45) is 1.24. The summed E-state index contributed by atoms with van der Waals surface area (Å²) in [5.74, 6) is -0.123. The molecule has 0 radical (unpaired) electrons. The van der Waals surface area contributed by atoms with Crippen LogP contribution in [0.5, 0.6) is 0 Å². The van der Waals surface area contributed by atoms with Crippen molar-refractivity contribution >= 4 is 45.0 Å². The minimum absolute atomic E-state index is 0.0861. The molecule has 0 saturated carbocycles. The van der Waals surface area contributed by atoms with Crippen molar-refractivity contribution in [3.63, 3.8) is 0 Å². The van der Waals surface area contributed by atoms with Crippen molar-refractivity contribution in [2.45, 2.75) is 0 Å². The molecule has 0 spiro atoms. The fourth-order valence-corrected chi connectivity index (χ4v) is 3.11. The molecular weight excluding hydrogens is 472 g/mol. The van der Waals surface area contributed by atoms with E-state index in [4.69, 9.17) is 4.42 Å². The lowest BCUT2D eigenvalue weighted by atomic mass is 10.1. The van der Waals surface area contributed by atoms with Crippen LogP contribution in [0.25, 0.3) is 17.4 Å². The van der Waals surface area contributed by atoms with Crippen molar-refractivity contribution in [3.05, 3.63) is 90.6 Å². The Balaban J connectivity index is 1.79. The lowest BCUT2D eigenvalue weighted by molar-refractivity contribution is -0.385. The molecule has 11 heteroatoms. The van der Waals surface area contributed by atoms with E-state index in [0.717, 1.165) is 0 Å². The van der Waals surface area contributed by atoms with Crippen LogP contribution in [-0.4, -0.2) is 15.8 Å². The van der Waals surface area contributed by atoms with Crippen LogP contribution in [0.2, 0.25) is 0 Å². The zero-order chi connectivity index (χ0) is 22.5. The van der Waals surface area contributed by atoms with E-state index in [1.54, 1.807) is 18.2 Å². The van der Waals surface area contributed by atoms with Crippen LogP contribution in [0.4, 0.5) is 17.1 Å². The van der Waals surface area contributed by atoms with Gasteiger partial charge in [0.2, 0.25) is 0 Å². The van der Waals surface area contributed by atoms with Crippen LogP contribution in [-0.2, 0) is 4.79 Å². The van der Waals surface area contributed by atoms with Gasteiger partial charge >= 0.3 is 0 Å². The zero-order valence-electron chi connectivity index (χ0n) is 15.4. The number of nitriles is 1. The fraction of sp³-hybridized carbons (Fsp3) is 0. The number of anilines is 1. The minimum Gasteiger partial charge on any atom is -0.457 e. The monoisotopic (exact) mass is 482 g/mol. The van der Waals surface area contributed by atoms with E-state index in [2.05, 4.69) is 21.2 Å². The molecule has 0 atom stereocenters. The maximum atomic E-state index is 12.4. The number of nitro groups is 2. The standard InChI is InChI=1S/C20H11BrN4O6/c21-18-10-15(25(29)30)5-7-17(18)19-8-6-16(31-19)9-12(11-22)20(26)23-13-1-3-14(4-2-13)24(27)28/h1-10H,(H,23,26)/b12-9+. The number of benzene rings is 2. The third kappa shape index (κ3) is 5.01. The molecule has 1 aromatic heterocycles. The molecule has 1 heterocycles. The molecular formula is C20H11BrN4O6. The van der Waals surface area contributed by atoms with Crippen LogP contribution in [0.1, 0.15) is 5.76 Å². The molecule has 0 aliphatic rings. The molecule has 3 rings (SSSR count). The molecule has 154 valence electrons. The molecule has 10 nitrogen and oxygen atoms in total. The van der Waals surface area contributed by atoms with Crippen LogP contribution < -0.4 is 5.32 Å². The van der Waals surface area contributed by atoms with Gasteiger partial charge in [0, 0.05) is 46.1 Å². The summed E-state index contributed by atoms with van der Waals surface area (Å²) in [6.45, 7) is 0. The van der Waals surface area contributed by atoms with Crippen LogP contribution in [0.15, 0.2) is 69.1 Å². The second kappa shape index (κ2) is 9.02. The third-order valence-corrected chi connectivity index (χ3v) is 4.70. The van der Waals surface area contributed by atoms with Crippen molar-refractivity contribution in [2.24, 2.45) is 0 Å². The number of nitro benzene ring substituents is 2. The number of halogens is 1. The molecule has 0 aliphatic carbocycles. The van der Waals surface area contributed by atoms with Gasteiger partial charge in [-0.1, -0.05) is 0 Å². The van der Waals surface area contributed by atoms with E-state index < -0.39 is 15.8 Å². The molecule has 1 amide bonds. The van der Waals surface area contributed by atoms with Gasteiger partial charge in [-0.15, -0.1) is 0 Å². The van der Waals surface area contributed by atoms with Crippen molar-refractivity contribution < 1.29 is 19.1 Å². The van der Waals surface area contributed by atoms with Gasteiger partial charge in [-0.25, -0.2) is 0 Å². The van der Waals surface area contributed by atoms with Gasteiger partial charge in [0.15, 0.2) is 0 Å². The molecule has 1 N–H and O–H groups in total. The normalized spacial score (nSPS) is 10.9. The Morgan fingerprint density at radius 2 is 1.68 bits per heavy atom. The predicted molar refractivity (Wildman–Crippen MR) is 114 cm³/mol. The number of hydrogen-bond donors (Lipinski definition) is 1. The Labute approximate surface area is 182 Å². The highest BCUT2D eigenvalue weighted by Gasteiger charge is 2.15. The van der Waals surface area contributed by atoms with E-state index in [-0.39, 0.29) is 28.4 Å². The number of non-ortho nitro benzene ring substituents is 2. The smallest absolute Gasteiger partial charge is 0.270 e. The van der Waals surface area contributed by atoms with Gasteiger partial charge in [-0.05, 0) is 46.3 Å². The maximum absolute atomic E-state index is 12.4. The zero-order valence-corrected chi connectivity index (χ0v) is 17.0. The second-order valence-corrected chi connectivity index (χ2v) is 6.91. The second-order valence-electron chi connectivity index (χ2n) is 6.05. The van der Waals surface area contributed by atoms with E-state index in [9.17, 15) is 30.3 Å². The fourth-order valence-electron chi connectivity index (χ4n) is 2.55. The summed E-state index contributed by atoms with van der Waals surface area (Å²) in [5.41, 5.74) is 0.374. The number of carbonyl (C=O) groups excluding carboxylic acids is 1. The number of hydrogen-bond acceptors (Lipinski definition) is 7. The van der Waals surface area contributed by atoms with Crippen molar-refractivity contribution in [1.82, 2.24) is 0 Å². The van der Waals surface area contributed by atoms with Crippen molar-refractivity contribution in [1.29, 1.82) is 5.26 Å². The minimum atomic E-state index is -0.717. The highest BCUT2D eigenvalue weighted by molar-refractivity contribution is 9.10. The van der Waals surface area contributed by atoms with Gasteiger partial charge in [0.05, 0.1) is 9.85 Å². The summed E-state index contributed by atoms with van der Waals surface area (Å²) >= 11 is 3.26. The quantitative estimate of drug-likeness (QED) is 0.222. The first kappa shape index (κ1) is 21.4. The number of nitrogens with zero attached hydrogens (tertiary/aromatic N) is 3. The van der Waals surface area contributed by atoms with Gasteiger partial charge in [0.1, 0.15) is 23.2 Å². The first-order valence-electron chi connectivity index (χ1n) is 8.50. The topological polar surface area (TPSA) is 152 Å². The Bertz CT molecular complexity index is 1260. The van der Waals surface area contributed by atoms with E-state index in [1.165, 1.54) is 48.5 Å². The van der Waals surface area contributed by atoms with E-state index >= 15 is 0 Å². The average molecular weight is 483 g/mol. The molecule has 31 heavy (non-hydrogen) atoms. The van der Waals surface area contributed by atoms with Gasteiger partial charge in [-0.2, -0.15) is 5.26 Å². The highest BCUT2D eigenvalue weighted by atomic mass is 79.9. The SMILES string of the molecule is N#C/C(=C\c1ccc(-c2ccc([N+](=O)[O-])cc2Br)o1)C(=O)Nc1ccc([N+](=O)[O-])cc1. The average Bonchev–Trinajstić information content (AvgIpc) is 3.20. The summed E-state index contributed by atoms with van der Waals surface area (Å²) in [6, 6.07) is 14.3. The van der Waals surface area contributed by atoms with Crippen LogP contribution in [0.3, 0.4) is 0 Å². The molecule has 0 unspecified atom stereocenters. The molecule has 0 saturated heterocycles. The number of furan rings is 1. The maximum Gasteiger partial charge on any atom is 0.270 e. The number of rotatable bonds is 6. The summed E-state index contributed by atoms with van der Waals surface area (Å²) in [7, 11) is 0. The lowest BCUT2D eigenvalue weighted by Gasteiger charge is -2.03. The molecule has 3 aromatic rings. The molecule has 0 fully saturated rings. The van der Waals surface area contributed by atoms with Gasteiger partial charge in [0.25, 0.3) is 17.3 Å². The number of amides is 1. The highest BCUT2D eigenvalue weighted by Crippen LogP contribution is 2.33. The number of carbonyl (C=O) groups is 1. The van der Waals surface area contributed by atoms with E-state index in [0.29, 0.717) is 15.8 Å². The summed E-state index contributed by atoms with van der Waals surface area (Å²) in [4.78, 5) is 32.8. The van der Waals surface area contributed by atoms with Crippen LogP contribution in [0, 0.1) is 31.6 Å². The Morgan fingerprint density at radius 3 is 2.26 bits per heavy atom. The Morgan fingerprint density at radius 1 is 1.03 bits per heavy atom. The van der Waals surface area contributed by atoms with E-state index in [1.807, 2.05) is 0 Å². The largest absolute Gasteiger partial charge is 0.457 e. The first-order valence-corrected chi connectivity index (χ1v) is 9.29. The van der Waals surface area contributed by atoms with Crippen LogP contribution >= 0.6 is 15.9 Å². The third-order valence-electron chi connectivity index (χ3n) is 4.04. The van der Waals surface area contributed by atoms with Gasteiger partial charge in [-0.3, -0.25) is 25.0 Å². The molecule has 0 bridgehead atoms. The summed E-state index contributed by atoms with van der Waals surface area (Å²) < 4.78 is 6.09. The number of nitrogens with one attached hydrogen (secondary N) is 1. The Hall–Kier alpha value is -4.30. The Kier molecular flexibility index (Phi) is 6.23. The van der Waals surface area contributed by atoms with Gasteiger partial charge < -0.3 is 9.73 Å². The molecule has 0 aliphatic heterocycles. The lowest BCUT2D eigenvalue weighted by Crippen LogP contribution is -2.13.